The largest absolute Gasteiger partial charge is 0.301 e. The fourth-order valence-electron chi connectivity index (χ4n) is 7.73. The van der Waals surface area contributed by atoms with E-state index in [0.29, 0.717) is 24.2 Å². The monoisotopic (exact) mass is 441 g/mol. The Morgan fingerprint density at radius 1 is 0.656 bits per heavy atom. The molecule has 0 radical (unpaired) electrons. The van der Waals surface area contributed by atoms with E-state index in [4.69, 9.17) is 9.98 Å². The number of hydrogen-bond acceptors (Lipinski definition) is 3. The highest BCUT2D eigenvalue weighted by Gasteiger charge is 2.34. The minimum Gasteiger partial charge on any atom is -0.301 e. The third-order valence-electron chi connectivity index (χ3n) is 9.81. The van der Waals surface area contributed by atoms with Gasteiger partial charge in [0.05, 0.1) is 12.1 Å². The van der Waals surface area contributed by atoms with Crippen LogP contribution in [0.4, 0.5) is 0 Å². The number of nitrogens with zero attached hydrogens (tertiary/aromatic N) is 2. The van der Waals surface area contributed by atoms with Gasteiger partial charge in [-0.15, -0.1) is 0 Å². The van der Waals surface area contributed by atoms with Crippen LogP contribution in [0, 0.1) is 23.7 Å². The third-order valence-corrected chi connectivity index (χ3v) is 9.81. The fourth-order valence-corrected chi connectivity index (χ4v) is 7.73. The lowest BCUT2D eigenvalue weighted by Gasteiger charge is -2.37. The highest BCUT2D eigenvalue weighted by atomic mass is 15.0. The van der Waals surface area contributed by atoms with Crippen LogP contribution in [0.3, 0.4) is 0 Å². The number of nitrogens with one attached hydrogen (secondary N) is 1. The fraction of sp³-hybridized carbons (Fsp3) is 0.931. The molecule has 3 heteroatoms. The van der Waals surface area contributed by atoms with Crippen molar-refractivity contribution in [3.05, 3.63) is 0 Å². The molecule has 6 atom stereocenters. The second-order valence-electron chi connectivity index (χ2n) is 11.8. The van der Waals surface area contributed by atoms with E-state index < -0.39 is 0 Å². The Labute approximate surface area is 198 Å². The molecule has 0 aromatic carbocycles. The van der Waals surface area contributed by atoms with Crippen LogP contribution in [0.5, 0.6) is 0 Å². The van der Waals surface area contributed by atoms with E-state index in [1.807, 2.05) is 0 Å². The Morgan fingerprint density at radius 2 is 1.25 bits per heavy atom. The van der Waals surface area contributed by atoms with Gasteiger partial charge >= 0.3 is 0 Å². The van der Waals surface area contributed by atoms with Gasteiger partial charge in [0, 0.05) is 23.5 Å². The van der Waals surface area contributed by atoms with Crippen molar-refractivity contribution in [2.75, 3.05) is 0 Å². The third kappa shape index (κ3) is 5.86. The highest BCUT2D eigenvalue weighted by Crippen LogP contribution is 2.41. The lowest BCUT2D eigenvalue weighted by atomic mass is 9.74. The van der Waals surface area contributed by atoms with E-state index in [-0.39, 0.29) is 0 Å². The first kappa shape index (κ1) is 24.4. The molecule has 4 fully saturated rings. The van der Waals surface area contributed by atoms with Gasteiger partial charge in [0.2, 0.25) is 0 Å². The number of aliphatic imine (C=N–C) groups is 2. The predicted molar refractivity (Wildman–Crippen MR) is 139 cm³/mol. The summed E-state index contributed by atoms with van der Waals surface area (Å²) in [7, 11) is 0. The molecule has 1 aliphatic heterocycles. The van der Waals surface area contributed by atoms with Crippen molar-refractivity contribution in [3.8, 4) is 0 Å². The van der Waals surface area contributed by atoms with Crippen LogP contribution in [-0.4, -0.2) is 35.6 Å². The van der Waals surface area contributed by atoms with Gasteiger partial charge in [0.15, 0.2) is 0 Å². The van der Waals surface area contributed by atoms with Crippen LogP contribution >= 0.6 is 0 Å². The molecule has 0 amide bonds. The molecule has 6 unspecified atom stereocenters. The van der Waals surface area contributed by atoms with Gasteiger partial charge in [-0.05, 0) is 88.9 Å². The molecule has 0 aromatic rings. The average Bonchev–Trinajstić information content (AvgIpc) is 3.51. The Bertz CT molecular complexity index is 635. The minimum atomic E-state index is 0.450. The molecule has 0 aromatic heterocycles. The zero-order chi connectivity index (χ0) is 22.5. The molecule has 1 saturated heterocycles. The van der Waals surface area contributed by atoms with Crippen molar-refractivity contribution < 1.29 is 0 Å². The molecule has 3 nitrogen and oxygen atoms in total. The lowest BCUT2D eigenvalue weighted by molar-refractivity contribution is 0.211. The first-order valence-electron chi connectivity index (χ1n) is 14.4. The van der Waals surface area contributed by atoms with Gasteiger partial charge < -0.3 is 5.32 Å². The Morgan fingerprint density at radius 3 is 1.88 bits per heavy atom. The van der Waals surface area contributed by atoms with Gasteiger partial charge in [-0.2, -0.15) is 0 Å². The summed E-state index contributed by atoms with van der Waals surface area (Å²) in [5.41, 5.74) is 2.74. The van der Waals surface area contributed by atoms with Gasteiger partial charge in [-0.25, -0.2) is 0 Å². The zero-order valence-electron chi connectivity index (χ0n) is 21.6. The second kappa shape index (κ2) is 11.6. The summed E-state index contributed by atoms with van der Waals surface area (Å²) in [6, 6.07) is 2.06. The summed E-state index contributed by atoms with van der Waals surface area (Å²) < 4.78 is 0. The van der Waals surface area contributed by atoms with E-state index in [9.17, 15) is 0 Å². The Balaban J connectivity index is 1.35. The molecule has 4 rings (SSSR count). The maximum absolute atomic E-state index is 5.43. The van der Waals surface area contributed by atoms with Gasteiger partial charge in [0.1, 0.15) is 0 Å². The van der Waals surface area contributed by atoms with E-state index in [1.165, 1.54) is 108 Å². The summed E-state index contributed by atoms with van der Waals surface area (Å²) in [5, 5.41) is 3.99. The molecular formula is C29H51N3. The molecule has 0 spiro atoms. The average molecular weight is 442 g/mol. The van der Waals surface area contributed by atoms with E-state index in [2.05, 4.69) is 33.0 Å². The second-order valence-corrected chi connectivity index (χ2v) is 11.8. The summed E-state index contributed by atoms with van der Waals surface area (Å²) in [6.07, 6.45) is 20.6. The number of hydrogen-bond donors (Lipinski definition) is 1. The van der Waals surface area contributed by atoms with E-state index >= 15 is 0 Å². The molecule has 3 aliphatic carbocycles. The highest BCUT2D eigenvalue weighted by molar-refractivity contribution is 5.91. The maximum Gasteiger partial charge on any atom is 0.0555 e. The SMILES string of the molecule is CCC1CCCC(CC)C1N=C(C)C1CCCC(C(C)=NC2CCC(C3CCCC3)C2)N1. The van der Waals surface area contributed by atoms with Crippen LogP contribution in [0.25, 0.3) is 0 Å². The quantitative estimate of drug-likeness (QED) is 0.411. The minimum absolute atomic E-state index is 0.450. The predicted octanol–water partition coefficient (Wildman–Crippen LogP) is 7.38. The first-order valence-corrected chi connectivity index (χ1v) is 14.4. The van der Waals surface area contributed by atoms with E-state index in [0.717, 1.165) is 23.7 Å². The Kier molecular flexibility index (Phi) is 8.87. The summed E-state index contributed by atoms with van der Waals surface area (Å²) in [5.74, 6) is 3.57. The van der Waals surface area contributed by atoms with Gasteiger partial charge in [0.25, 0.3) is 0 Å². The van der Waals surface area contributed by atoms with Crippen molar-refractivity contribution in [1.29, 1.82) is 0 Å². The summed E-state index contributed by atoms with van der Waals surface area (Å²) in [4.78, 5) is 10.7. The van der Waals surface area contributed by atoms with Crippen LogP contribution in [0.1, 0.15) is 124 Å². The molecule has 1 heterocycles. The normalized spacial score (nSPS) is 40.2. The van der Waals surface area contributed by atoms with E-state index in [1.54, 1.807) is 0 Å². The smallest absolute Gasteiger partial charge is 0.0555 e. The standard InChI is InChI=1S/C29H51N3/c1-5-22-13-9-14-23(6-2)29(22)31-21(4)28-16-10-15-27(32-28)20(3)30-26-18-17-25(19-26)24-11-7-8-12-24/h22-29,32H,5-19H2,1-4H3. The van der Waals surface area contributed by atoms with Crippen LogP contribution in [0.15, 0.2) is 9.98 Å². The molecule has 182 valence electrons. The van der Waals surface area contributed by atoms with Crippen molar-refractivity contribution in [1.82, 2.24) is 5.32 Å². The van der Waals surface area contributed by atoms with Crippen LogP contribution in [-0.2, 0) is 0 Å². The van der Waals surface area contributed by atoms with Crippen molar-refractivity contribution >= 4 is 11.4 Å². The lowest BCUT2D eigenvalue weighted by Crippen LogP contribution is -2.49. The van der Waals surface area contributed by atoms with Crippen LogP contribution < -0.4 is 5.32 Å². The molecule has 3 saturated carbocycles. The van der Waals surface area contributed by atoms with Gasteiger partial charge in [-0.3, -0.25) is 9.98 Å². The van der Waals surface area contributed by atoms with Gasteiger partial charge in [-0.1, -0.05) is 58.8 Å². The van der Waals surface area contributed by atoms with Crippen molar-refractivity contribution in [2.45, 2.75) is 148 Å². The molecule has 32 heavy (non-hydrogen) atoms. The number of rotatable bonds is 7. The van der Waals surface area contributed by atoms with Crippen molar-refractivity contribution in [3.63, 3.8) is 0 Å². The molecular weight excluding hydrogens is 390 g/mol. The van der Waals surface area contributed by atoms with Crippen LogP contribution in [0.2, 0.25) is 0 Å². The maximum atomic E-state index is 5.43. The van der Waals surface area contributed by atoms with Crippen molar-refractivity contribution in [2.24, 2.45) is 33.7 Å². The summed E-state index contributed by atoms with van der Waals surface area (Å²) in [6.45, 7) is 9.35. The molecule has 0 bridgehead atoms. The Hall–Kier alpha value is -0.700. The number of piperidine rings is 1. The topological polar surface area (TPSA) is 36.8 Å². The molecule has 4 aliphatic rings. The molecule has 1 N–H and O–H groups in total. The zero-order valence-corrected chi connectivity index (χ0v) is 21.6. The first-order chi connectivity index (χ1) is 15.6. The summed E-state index contributed by atoms with van der Waals surface area (Å²) >= 11 is 0.